The lowest BCUT2D eigenvalue weighted by Crippen LogP contribution is -2.26. The molecule has 2 aromatic carbocycles. The third-order valence-electron chi connectivity index (χ3n) is 5.43. The molecule has 162 valence electrons. The van der Waals surface area contributed by atoms with Gasteiger partial charge in [0.25, 0.3) is 0 Å². The van der Waals surface area contributed by atoms with E-state index in [1.165, 1.54) is 12.1 Å². The van der Waals surface area contributed by atoms with Crippen LogP contribution >= 0.6 is 0 Å². The molecule has 3 N–H and O–H groups in total. The molecule has 5 nitrogen and oxygen atoms in total. The van der Waals surface area contributed by atoms with Crippen molar-refractivity contribution in [2.45, 2.75) is 31.5 Å². The first-order chi connectivity index (χ1) is 14.8. The molecule has 1 unspecified atom stereocenters. The van der Waals surface area contributed by atoms with Crippen molar-refractivity contribution in [3.8, 4) is 0 Å². The number of pyridine rings is 1. The Balaban J connectivity index is 1.36. The predicted molar refractivity (Wildman–Crippen MR) is 115 cm³/mol. The summed E-state index contributed by atoms with van der Waals surface area (Å²) in [4.78, 5) is 19.1. The number of anilines is 2. The van der Waals surface area contributed by atoms with Gasteiger partial charge < -0.3 is 16.0 Å². The summed E-state index contributed by atoms with van der Waals surface area (Å²) in [5, 5.41) is 3.75. The van der Waals surface area contributed by atoms with E-state index < -0.39 is 11.7 Å². The Morgan fingerprint density at radius 2 is 1.90 bits per heavy atom. The van der Waals surface area contributed by atoms with Crippen LogP contribution in [0.25, 0.3) is 10.9 Å². The average Bonchev–Trinajstić information content (AvgIpc) is 3.18. The third kappa shape index (κ3) is 5.14. The van der Waals surface area contributed by atoms with E-state index in [1.54, 1.807) is 6.07 Å². The lowest BCUT2D eigenvalue weighted by Gasteiger charge is -2.17. The Kier molecular flexibility index (Phi) is 5.82. The first kappa shape index (κ1) is 21.1. The molecule has 2 heterocycles. The van der Waals surface area contributed by atoms with Crippen LogP contribution in [0.2, 0.25) is 0 Å². The van der Waals surface area contributed by atoms with E-state index in [2.05, 4.69) is 15.2 Å². The van der Waals surface area contributed by atoms with Crippen LogP contribution in [-0.4, -0.2) is 30.0 Å². The lowest BCUT2D eigenvalue weighted by molar-refractivity contribution is -0.137. The molecule has 1 amide bonds. The van der Waals surface area contributed by atoms with E-state index in [1.807, 2.05) is 24.3 Å². The predicted octanol–water partition coefficient (Wildman–Crippen LogP) is 4.36. The zero-order valence-electron chi connectivity index (χ0n) is 16.8. The van der Waals surface area contributed by atoms with Crippen molar-refractivity contribution < 1.29 is 18.0 Å². The number of aromatic nitrogens is 1. The molecule has 8 heteroatoms. The van der Waals surface area contributed by atoms with Gasteiger partial charge in [-0.25, -0.2) is 4.98 Å². The third-order valence-corrected chi connectivity index (χ3v) is 5.43. The van der Waals surface area contributed by atoms with Crippen LogP contribution in [0.1, 0.15) is 24.0 Å². The summed E-state index contributed by atoms with van der Waals surface area (Å²) >= 11 is 0. The molecule has 3 aromatic rings. The van der Waals surface area contributed by atoms with Gasteiger partial charge in [-0.3, -0.25) is 4.79 Å². The maximum absolute atomic E-state index is 12.6. The Morgan fingerprint density at radius 3 is 2.58 bits per heavy atom. The Morgan fingerprint density at radius 1 is 1.13 bits per heavy atom. The fourth-order valence-electron chi connectivity index (χ4n) is 3.71. The molecular weight excluding hydrogens is 405 g/mol. The smallest absolute Gasteiger partial charge is 0.355 e. The van der Waals surface area contributed by atoms with E-state index in [9.17, 15) is 18.0 Å². The number of aryl methyl sites for hydroxylation is 1. The Bertz CT molecular complexity index is 1080. The number of nitrogens with one attached hydrogen (secondary N) is 1. The van der Waals surface area contributed by atoms with Crippen LogP contribution in [-0.2, 0) is 17.4 Å². The molecule has 1 atom stereocenters. The largest absolute Gasteiger partial charge is 0.416 e. The van der Waals surface area contributed by atoms with Crippen molar-refractivity contribution >= 4 is 28.3 Å². The van der Waals surface area contributed by atoms with E-state index in [4.69, 9.17) is 5.73 Å². The van der Waals surface area contributed by atoms with Crippen molar-refractivity contribution in [2.24, 2.45) is 5.73 Å². The number of hydrogen-bond donors (Lipinski definition) is 2. The van der Waals surface area contributed by atoms with E-state index in [0.29, 0.717) is 17.7 Å². The van der Waals surface area contributed by atoms with Crippen molar-refractivity contribution in [3.05, 3.63) is 65.7 Å². The molecule has 1 aromatic heterocycles. The van der Waals surface area contributed by atoms with E-state index in [0.717, 1.165) is 48.4 Å². The molecule has 1 aliphatic rings. The minimum absolute atomic E-state index is 0.176. The molecule has 1 saturated heterocycles. The van der Waals surface area contributed by atoms with Crippen LogP contribution in [0, 0.1) is 0 Å². The number of halogens is 3. The number of carbonyl (C=O) groups is 1. The number of hydrogen-bond acceptors (Lipinski definition) is 4. The summed E-state index contributed by atoms with van der Waals surface area (Å²) in [6.45, 7) is 1.69. The van der Waals surface area contributed by atoms with Crippen molar-refractivity contribution in [2.75, 3.05) is 23.3 Å². The van der Waals surface area contributed by atoms with Crippen LogP contribution in [0.15, 0.2) is 54.6 Å². The summed E-state index contributed by atoms with van der Waals surface area (Å²) < 4.78 is 37.9. The molecule has 0 bridgehead atoms. The van der Waals surface area contributed by atoms with E-state index >= 15 is 0 Å². The molecule has 1 aliphatic heterocycles. The highest BCUT2D eigenvalue weighted by Crippen LogP contribution is 2.29. The minimum atomic E-state index is -4.36. The van der Waals surface area contributed by atoms with Gasteiger partial charge in [0.05, 0.1) is 11.1 Å². The Labute approximate surface area is 178 Å². The normalized spacial score (nSPS) is 16.6. The van der Waals surface area contributed by atoms with Gasteiger partial charge in [-0.05, 0) is 60.9 Å². The summed E-state index contributed by atoms with van der Waals surface area (Å²) in [7, 11) is 0. The topological polar surface area (TPSA) is 71.2 Å². The van der Waals surface area contributed by atoms with Gasteiger partial charge in [0, 0.05) is 36.6 Å². The number of fused-ring (bicyclic) bond motifs is 1. The molecular formula is C23H23F3N4O. The molecule has 0 radical (unpaired) electrons. The van der Waals surface area contributed by atoms with Gasteiger partial charge in [-0.1, -0.05) is 12.1 Å². The summed E-state index contributed by atoms with van der Waals surface area (Å²) in [6.07, 6.45) is -2.86. The fourth-order valence-corrected chi connectivity index (χ4v) is 3.71. The van der Waals surface area contributed by atoms with Gasteiger partial charge in [0.2, 0.25) is 5.91 Å². The van der Waals surface area contributed by atoms with Gasteiger partial charge in [0.15, 0.2) is 0 Å². The molecule has 0 saturated carbocycles. The van der Waals surface area contributed by atoms with Crippen molar-refractivity contribution in [1.29, 1.82) is 0 Å². The van der Waals surface area contributed by atoms with Gasteiger partial charge in [0.1, 0.15) is 5.82 Å². The van der Waals surface area contributed by atoms with Gasteiger partial charge in [-0.2, -0.15) is 13.2 Å². The quantitative estimate of drug-likeness (QED) is 0.633. The zero-order chi connectivity index (χ0) is 22.0. The molecule has 0 aliphatic carbocycles. The highest BCUT2D eigenvalue weighted by Gasteiger charge is 2.29. The number of nitrogens with two attached hydrogens (primary N) is 1. The number of carbonyl (C=O) groups excluding carboxylic acids is 1. The number of benzene rings is 2. The summed E-state index contributed by atoms with van der Waals surface area (Å²) in [6, 6.07) is 14.5. The van der Waals surface area contributed by atoms with Crippen LogP contribution in [0.3, 0.4) is 0 Å². The van der Waals surface area contributed by atoms with Gasteiger partial charge >= 0.3 is 6.18 Å². The van der Waals surface area contributed by atoms with Crippen molar-refractivity contribution in [1.82, 2.24) is 4.98 Å². The summed E-state index contributed by atoms with van der Waals surface area (Å²) in [5.41, 5.74) is 7.45. The maximum Gasteiger partial charge on any atom is 0.416 e. The number of alkyl halides is 3. The van der Waals surface area contributed by atoms with Crippen LogP contribution < -0.4 is 16.0 Å². The Hall–Kier alpha value is -3.13. The fraction of sp³-hybridized carbons (Fsp3) is 0.304. The zero-order valence-corrected chi connectivity index (χ0v) is 16.8. The van der Waals surface area contributed by atoms with Gasteiger partial charge in [-0.15, -0.1) is 0 Å². The summed E-state index contributed by atoms with van der Waals surface area (Å²) in [5.74, 6) is 0.698. The minimum Gasteiger partial charge on any atom is -0.355 e. The first-order valence-electron chi connectivity index (χ1n) is 10.2. The molecule has 1 fully saturated rings. The van der Waals surface area contributed by atoms with E-state index in [-0.39, 0.29) is 18.4 Å². The highest BCUT2D eigenvalue weighted by atomic mass is 19.4. The van der Waals surface area contributed by atoms with Crippen LogP contribution in [0.5, 0.6) is 0 Å². The van der Waals surface area contributed by atoms with Crippen LogP contribution in [0.4, 0.5) is 24.7 Å². The first-order valence-corrected chi connectivity index (χ1v) is 10.2. The second-order valence-electron chi connectivity index (χ2n) is 7.81. The highest BCUT2D eigenvalue weighted by molar-refractivity contribution is 5.94. The molecule has 0 spiro atoms. The monoisotopic (exact) mass is 428 g/mol. The number of rotatable bonds is 5. The standard InChI is InChI=1S/C23H23F3N4O/c24-23(25,26)17-5-1-15(2-6-17)3-10-22(31)28-19-7-8-20-16(13-19)4-9-21(29-20)30-12-11-18(27)14-30/h1-2,4-9,13,18H,3,10-12,14,27H2,(H,28,31). The average molecular weight is 428 g/mol. The molecule has 4 rings (SSSR count). The van der Waals surface area contributed by atoms with Crippen molar-refractivity contribution in [3.63, 3.8) is 0 Å². The lowest BCUT2D eigenvalue weighted by atomic mass is 10.1. The second-order valence-corrected chi connectivity index (χ2v) is 7.81. The second kappa shape index (κ2) is 8.55. The number of amides is 1. The number of nitrogens with zero attached hydrogens (tertiary/aromatic N) is 2. The SMILES string of the molecule is NC1CCN(c2ccc3cc(NC(=O)CCc4ccc(C(F)(F)F)cc4)ccc3n2)C1. The maximum atomic E-state index is 12.6. The molecule has 31 heavy (non-hydrogen) atoms.